The highest BCUT2D eigenvalue weighted by atomic mass is 35.5. The van der Waals surface area contributed by atoms with Crippen molar-refractivity contribution < 1.29 is 0 Å². The van der Waals surface area contributed by atoms with Crippen molar-refractivity contribution in [3.05, 3.63) is 41.1 Å². The Kier molecular flexibility index (Phi) is 3.88. The van der Waals surface area contributed by atoms with E-state index < -0.39 is 0 Å². The van der Waals surface area contributed by atoms with Crippen LogP contribution in [0.15, 0.2) is 24.5 Å². The molecule has 7 heteroatoms. The predicted molar refractivity (Wildman–Crippen MR) is 75.6 cm³/mol. The van der Waals surface area contributed by atoms with Crippen LogP contribution in [0.25, 0.3) is 0 Å². The van der Waals surface area contributed by atoms with E-state index >= 15 is 0 Å². The quantitative estimate of drug-likeness (QED) is 0.667. The first kappa shape index (κ1) is 12.9. The number of aromatic nitrogens is 3. The van der Waals surface area contributed by atoms with Crippen LogP contribution in [0, 0.1) is 6.92 Å². The molecule has 2 aromatic heterocycles. The Hall–Kier alpha value is -1.53. The topological polar surface area (TPSA) is 67.9 Å². The van der Waals surface area contributed by atoms with Gasteiger partial charge >= 0.3 is 0 Å². The number of anilines is 2. The molecule has 2 rings (SSSR count). The van der Waals surface area contributed by atoms with Gasteiger partial charge in [0.05, 0.1) is 6.54 Å². The zero-order valence-corrected chi connectivity index (χ0v) is 11.4. The number of thiol groups is 1. The van der Waals surface area contributed by atoms with Gasteiger partial charge in [-0.15, -0.1) is 0 Å². The lowest BCUT2D eigenvalue weighted by molar-refractivity contribution is 0.979. The summed E-state index contributed by atoms with van der Waals surface area (Å²) in [5, 5.41) is 0.242. The number of nitrogen functional groups attached to an aromatic ring is 1. The van der Waals surface area contributed by atoms with Crippen molar-refractivity contribution in [2.75, 3.05) is 10.0 Å². The summed E-state index contributed by atoms with van der Waals surface area (Å²) in [6, 6.07) is 3.80. The number of aryl methyl sites for hydroxylation is 1. The predicted octanol–water partition coefficient (Wildman–Crippen LogP) is 2.27. The molecule has 94 valence electrons. The van der Waals surface area contributed by atoms with Crippen molar-refractivity contribution in [2.45, 2.75) is 13.5 Å². The Labute approximate surface area is 116 Å². The van der Waals surface area contributed by atoms with Gasteiger partial charge in [0, 0.05) is 12.4 Å². The van der Waals surface area contributed by atoms with E-state index in [1.807, 2.05) is 12.1 Å². The molecule has 2 heterocycles. The normalized spacial score (nSPS) is 10.4. The van der Waals surface area contributed by atoms with Crippen LogP contribution >= 0.6 is 24.4 Å². The van der Waals surface area contributed by atoms with Gasteiger partial charge < -0.3 is 5.73 Å². The van der Waals surface area contributed by atoms with Crippen molar-refractivity contribution in [1.29, 1.82) is 0 Å². The first-order valence-corrected chi connectivity index (χ1v) is 6.00. The average Bonchev–Trinajstić information content (AvgIpc) is 2.35. The number of nitrogens with zero attached hydrogens (tertiary/aromatic N) is 4. The van der Waals surface area contributed by atoms with Gasteiger partial charge in [0.1, 0.15) is 11.5 Å². The number of halogens is 1. The van der Waals surface area contributed by atoms with Crippen LogP contribution in [0.2, 0.25) is 5.15 Å². The van der Waals surface area contributed by atoms with Crippen molar-refractivity contribution in [3.8, 4) is 0 Å². The second-order valence-electron chi connectivity index (χ2n) is 3.71. The van der Waals surface area contributed by atoms with Gasteiger partial charge in [0.25, 0.3) is 0 Å². The van der Waals surface area contributed by atoms with Crippen LogP contribution in [0.4, 0.5) is 11.5 Å². The van der Waals surface area contributed by atoms with Gasteiger partial charge in [-0.3, -0.25) is 9.29 Å². The molecular formula is C11H12ClN5S. The van der Waals surface area contributed by atoms with E-state index in [9.17, 15) is 0 Å². The van der Waals surface area contributed by atoms with Crippen molar-refractivity contribution >= 4 is 35.9 Å². The van der Waals surface area contributed by atoms with E-state index in [-0.39, 0.29) is 5.15 Å². The molecule has 0 aliphatic rings. The van der Waals surface area contributed by atoms with Crippen LogP contribution in [0.1, 0.15) is 11.4 Å². The largest absolute Gasteiger partial charge is 0.393 e. The molecule has 0 aromatic carbocycles. The van der Waals surface area contributed by atoms with Gasteiger partial charge in [-0.05, 0) is 24.6 Å². The van der Waals surface area contributed by atoms with E-state index in [0.717, 1.165) is 5.56 Å². The lowest BCUT2D eigenvalue weighted by atomic mass is 10.2. The van der Waals surface area contributed by atoms with Crippen molar-refractivity contribution in [3.63, 3.8) is 0 Å². The van der Waals surface area contributed by atoms with E-state index in [1.165, 1.54) is 0 Å². The van der Waals surface area contributed by atoms with E-state index in [1.54, 1.807) is 23.6 Å². The maximum atomic E-state index is 5.92. The Morgan fingerprint density at radius 1 is 1.33 bits per heavy atom. The summed E-state index contributed by atoms with van der Waals surface area (Å²) in [5.74, 6) is 1.06. The summed E-state index contributed by atoms with van der Waals surface area (Å²) in [5.41, 5.74) is 7.22. The Balaban J connectivity index is 2.26. The molecule has 0 aliphatic heterocycles. The summed E-state index contributed by atoms with van der Waals surface area (Å²) in [6.07, 6.45) is 3.44. The minimum absolute atomic E-state index is 0.242. The number of nitrogens with two attached hydrogens (primary N) is 1. The van der Waals surface area contributed by atoms with Crippen molar-refractivity contribution in [1.82, 2.24) is 15.0 Å². The lowest BCUT2D eigenvalue weighted by Gasteiger charge is -2.18. The molecule has 0 aliphatic carbocycles. The maximum Gasteiger partial charge on any atom is 0.167 e. The van der Waals surface area contributed by atoms with Crippen LogP contribution in [0.3, 0.4) is 0 Å². The second-order valence-corrected chi connectivity index (χ2v) is 4.55. The first-order chi connectivity index (χ1) is 8.58. The molecule has 0 bridgehead atoms. The highest BCUT2D eigenvalue weighted by molar-refractivity contribution is 7.81. The van der Waals surface area contributed by atoms with Gasteiger partial charge in [0.15, 0.2) is 11.0 Å². The third-order valence-corrected chi connectivity index (χ3v) is 2.94. The second kappa shape index (κ2) is 5.41. The van der Waals surface area contributed by atoms with Gasteiger partial charge in [-0.1, -0.05) is 24.4 Å². The third kappa shape index (κ3) is 2.83. The van der Waals surface area contributed by atoms with Crippen LogP contribution in [-0.2, 0) is 6.54 Å². The molecule has 0 amide bonds. The van der Waals surface area contributed by atoms with Crippen LogP contribution in [0.5, 0.6) is 0 Å². The SMILES string of the molecule is Cc1nc(Cl)c(N)c(N(S)Cc2ccncc2)n1. The Morgan fingerprint density at radius 3 is 2.67 bits per heavy atom. The van der Waals surface area contributed by atoms with E-state index in [4.69, 9.17) is 17.3 Å². The number of hydrogen-bond donors (Lipinski definition) is 2. The number of hydrogen-bond acceptors (Lipinski definition) is 6. The van der Waals surface area contributed by atoms with Crippen molar-refractivity contribution in [2.24, 2.45) is 0 Å². The fraction of sp³-hybridized carbons (Fsp3) is 0.182. The molecular weight excluding hydrogens is 270 g/mol. The maximum absolute atomic E-state index is 5.92. The molecule has 0 atom stereocenters. The minimum Gasteiger partial charge on any atom is -0.393 e. The third-order valence-electron chi connectivity index (χ3n) is 2.32. The molecule has 0 fully saturated rings. The molecule has 2 N–H and O–H groups in total. The van der Waals surface area contributed by atoms with Gasteiger partial charge in [0.2, 0.25) is 0 Å². The average molecular weight is 282 g/mol. The summed E-state index contributed by atoms with van der Waals surface area (Å²) in [7, 11) is 0. The summed E-state index contributed by atoms with van der Waals surface area (Å²) < 4.78 is 1.63. The fourth-order valence-corrected chi connectivity index (χ4v) is 1.99. The number of pyridine rings is 1. The molecule has 5 nitrogen and oxygen atoms in total. The molecule has 0 saturated heterocycles. The molecule has 0 unspecified atom stereocenters. The zero-order chi connectivity index (χ0) is 13.1. The smallest absolute Gasteiger partial charge is 0.167 e. The van der Waals surface area contributed by atoms with Gasteiger partial charge in [-0.2, -0.15) is 0 Å². The Morgan fingerprint density at radius 2 is 2.00 bits per heavy atom. The van der Waals surface area contributed by atoms with Crippen LogP contribution in [-0.4, -0.2) is 15.0 Å². The zero-order valence-electron chi connectivity index (χ0n) is 9.71. The molecule has 18 heavy (non-hydrogen) atoms. The summed E-state index contributed by atoms with van der Waals surface area (Å²) in [4.78, 5) is 12.2. The molecule has 2 aromatic rings. The highest BCUT2D eigenvalue weighted by Crippen LogP contribution is 2.28. The first-order valence-electron chi connectivity index (χ1n) is 5.23. The standard InChI is InChI=1S/C11H12ClN5S/c1-7-15-10(12)9(13)11(16-7)17(18)6-8-2-4-14-5-3-8/h2-5,18H,6,13H2,1H3. The summed E-state index contributed by atoms with van der Waals surface area (Å²) >= 11 is 10.3. The molecule has 0 saturated carbocycles. The van der Waals surface area contributed by atoms with E-state index in [0.29, 0.717) is 23.9 Å². The Bertz CT molecular complexity index is 549. The van der Waals surface area contributed by atoms with E-state index in [2.05, 4.69) is 27.8 Å². The highest BCUT2D eigenvalue weighted by Gasteiger charge is 2.13. The van der Waals surface area contributed by atoms with Gasteiger partial charge in [-0.25, -0.2) is 9.97 Å². The monoisotopic (exact) mass is 281 g/mol. The molecule has 0 spiro atoms. The molecule has 0 radical (unpaired) electrons. The minimum atomic E-state index is 0.242. The lowest BCUT2D eigenvalue weighted by Crippen LogP contribution is -2.15. The number of rotatable bonds is 3. The van der Waals surface area contributed by atoms with Crippen LogP contribution < -0.4 is 10.0 Å². The summed E-state index contributed by atoms with van der Waals surface area (Å²) in [6.45, 7) is 2.30. The fourth-order valence-electron chi connectivity index (χ4n) is 1.47.